The number of carbonyl (C=O) groups excluding carboxylic acids is 1. The third-order valence-electron chi connectivity index (χ3n) is 6.93. The summed E-state index contributed by atoms with van der Waals surface area (Å²) in [6, 6.07) is 16.6. The van der Waals surface area contributed by atoms with Gasteiger partial charge in [0, 0.05) is 55.4 Å². The van der Waals surface area contributed by atoms with E-state index in [-0.39, 0.29) is 5.91 Å². The molecule has 1 aliphatic rings. The lowest BCUT2D eigenvalue weighted by atomic mass is 9.91. The molecule has 0 spiro atoms. The number of amides is 1. The molecule has 2 aromatic heterocycles. The van der Waals surface area contributed by atoms with Gasteiger partial charge in [0.15, 0.2) is 0 Å². The Bertz CT molecular complexity index is 1260. The summed E-state index contributed by atoms with van der Waals surface area (Å²) in [5.74, 6) is 1.69. The zero-order valence-corrected chi connectivity index (χ0v) is 19.2. The number of fused-ring (bicyclic) bond motifs is 1. The third-order valence-corrected chi connectivity index (χ3v) is 6.93. The minimum absolute atomic E-state index is 0.151. The highest BCUT2D eigenvalue weighted by Gasteiger charge is 2.24. The average Bonchev–Trinajstić information content (AvgIpc) is 3.10. The summed E-state index contributed by atoms with van der Waals surface area (Å²) in [7, 11) is 0. The smallest absolute Gasteiger partial charge is 0.254 e. The lowest BCUT2D eigenvalue weighted by molar-refractivity contribution is 0.0758. The molecule has 0 N–H and O–H groups in total. The molecule has 0 unspecified atom stereocenters. The van der Waals surface area contributed by atoms with E-state index in [0.717, 1.165) is 55.7 Å². The molecule has 0 bridgehead atoms. The van der Waals surface area contributed by atoms with Crippen LogP contribution in [0.15, 0.2) is 73.3 Å². The van der Waals surface area contributed by atoms with Gasteiger partial charge in [-0.25, -0.2) is 4.98 Å². The molecule has 0 saturated carbocycles. The molecule has 168 valence electrons. The summed E-state index contributed by atoms with van der Waals surface area (Å²) >= 11 is 0. The Morgan fingerprint density at radius 1 is 1.00 bits per heavy atom. The largest absolute Gasteiger partial charge is 0.339 e. The second-order valence-electron chi connectivity index (χ2n) is 9.07. The van der Waals surface area contributed by atoms with Gasteiger partial charge in [0.05, 0.1) is 0 Å². The summed E-state index contributed by atoms with van der Waals surface area (Å²) in [6.07, 6.45) is 11.9. The molecule has 1 amide bonds. The Kier molecular flexibility index (Phi) is 6.20. The summed E-state index contributed by atoms with van der Waals surface area (Å²) in [6.45, 7) is 4.29. The van der Waals surface area contributed by atoms with Crippen LogP contribution < -0.4 is 0 Å². The van der Waals surface area contributed by atoms with Crippen molar-refractivity contribution in [1.82, 2.24) is 19.4 Å². The van der Waals surface area contributed by atoms with Crippen LogP contribution in [0.5, 0.6) is 0 Å². The summed E-state index contributed by atoms with van der Waals surface area (Å²) < 4.78 is 2.09. The van der Waals surface area contributed by atoms with Crippen LogP contribution in [0.1, 0.15) is 46.6 Å². The molecular weight excluding hydrogens is 408 g/mol. The van der Waals surface area contributed by atoms with E-state index in [9.17, 15) is 4.79 Å². The molecule has 0 radical (unpaired) electrons. The first-order valence-corrected chi connectivity index (χ1v) is 11.9. The number of imidazole rings is 1. The minimum Gasteiger partial charge on any atom is -0.339 e. The number of aromatic nitrogens is 3. The van der Waals surface area contributed by atoms with Gasteiger partial charge in [-0.1, -0.05) is 36.4 Å². The average molecular weight is 439 g/mol. The van der Waals surface area contributed by atoms with Gasteiger partial charge in [0.1, 0.15) is 5.82 Å². The Hall–Kier alpha value is -3.47. The van der Waals surface area contributed by atoms with Crippen molar-refractivity contribution in [2.75, 3.05) is 13.1 Å². The topological polar surface area (TPSA) is 51.0 Å². The van der Waals surface area contributed by atoms with E-state index in [1.54, 1.807) is 6.20 Å². The quantitative estimate of drug-likeness (QED) is 0.426. The van der Waals surface area contributed by atoms with Crippen LogP contribution in [0.3, 0.4) is 0 Å². The first kappa shape index (κ1) is 21.4. The van der Waals surface area contributed by atoms with Crippen LogP contribution in [0, 0.1) is 12.8 Å². The van der Waals surface area contributed by atoms with E-state index in [0.29, 0.717) is 12.5 Å². The Morgan fingerprint density at radius 2 is 1.88 bits per heavy atom. The molecule has 4 aromatic rings. The Morgan fingerprint density at radius 3 is 2.76 bits per heavy atom. The van der Waals surface area contributed by atoms with E-state index in [1.165, 1.54) is 16.3 Å². The van der Waals surface area contributed by atoms with E-state index in [4.69, 9.17) is 0 Å². The molecule has 5 heteroatoms. The first-order valence-electron chi connectivity index (χ1n) is 11.9. The predicted octanol–water partition coefficient (Wildman–Crippen LogP) is 5.27. The third kappa shape index (κ3) is 4.68. The summed E-state index contributed by atoms with van der Waals surface area (Å²) in [4.78, 5) is 24.2. The van der Waals surface area contributed by atoms with Crippen molar-refractivity contribution in [3.63, 3.8) is 0 Å². The van der Waals surface area contributed by atoms with Crippen LogP contribution in [-0.2, 0) is 13.0 Å². The van der Waals surface area contributed by atoms with Crippen LogP contribution in [0.2, 0.25) is 0 Å². The van der Waals surface area contributed by atoms with E-state index in [1.807, 2.05) is 43.7 Å². The van der Waals surface area contributed by atoms with Crippen LogP contribution in [0.25, 0.3) is 10.8 Å². The minimum atomic E-state index is 0.151. The maximum absolute atomic E-state index is 13.5. The Balaban J connectivity index is 1.29. The van der Waals surface area contributed by atoms with Crippen molar-refractivity contribution in [2.45, 2.75) is 39.2 Å². The number of carbonyl (C=O) groups is 1. The van der Waals surface area contributed by atoms with Crippen molar-refractivity contribution >= 4 is 16.7 Å². The molecule has 3 heterocycles. The van der Waals surface area contributed by atoms with Crippen LogP contribution >= 0.6 is 0 Å². The van der Waals surface area contributed by atoms with Gasteiger partial charge in [0.25, 0.3) is 5.91 Å². The van der Waals surface area contributed by atoms with E-state index >= 15 is 0 Å². The second kappa shape index (κ2) is 9.57. The highest BCUT2D eigenvalue weighted by Crippen LogP contribution is 2.27. The van der Waals surface area contributed by atoms with Crippen molar-refractivity contribution in [3.05, 3.63) is 95.8 Å². The van der Waals surface area contributed by atoms with Gasteiger partial charge >= 0.3 is 0 Å². The lowest BCUT2D eigenvalue weighted by Gasteiger charge is -2.22. The SMILES string of the molecule is Cc1nccn1Cc1ccccc1C(=O)N1CCC[C@H](Cc2cccc3ccncc23)CC1. The van der Waals surface area contributed by atoms with Crippen molar-refractivity contribution in [2.24, 2.45) is 5.92 Å². The van der Waals surface area contributed by atoms with Gasteiger partial charge in [-0.05, 0) is 67.2 Å². The van der Waals surface area contributed by atoms with Crippen LogP contribution in [0.4, 0.5) is 0 Å². The molecule has 1 aliphatic heterocycles. The number of hydrogen-bond donors (Lipinski definition) is 0. The number of likely N-dealkylation sites (tertiary alicyclic amines) is 1. The monoisotopic (exact) mass is 438 g/mol. The highest BCUT2D eigenvalue weighted by molar-refractivity contribution is 5.95. The highest BCUT2D eigenvalue weighted by atomic mass is 16.2. The maximum Gasteiger partial charge on any atom is 0.254 e. The molecule has 1 fully saturated rings. The van der Waals surface area contributed by atoms with Gasteiger partial charge in [0.2, 0.25) is 0 Å². The predicted molar refractivity (Wildman–Crippen MR) is 131 cm³/mol. The zero-order chi connectivity index (χ0) is 22.6. The maximum atomic E-state index is 13.5. The number of hydrogen-bond acceptors (Lipinski definition) is 3. The number of benzene rings is 2. The molecule has 1 atom stereocenters. The molecule has 2 aromatic carbocycles. The van der Waals surface area contributed by atoms with Gasteiger partial charge in [-0.3, -0.25) is 9.78 Å². The normalized spacial score (nSPS) is 16.6. The number of rotatable bonds is 5. The number of pyridine rings is 1. The molecule has 0 aliphatic carbocycles. The van der Waals surface area contributed by atoms with Crippen molar-refractivity contribution < 1.29 is 4.79 Å². The fourth-order valence-corrected chi connectivity index (χ4v) is 5.03. The van der Waals surface area contributed by atoms with Crippen molar-refractivity contribution in [1.29, 1.82) is 0 Å². The number of nitrogens with zero attached hydrogens (tertiary/aromatic N) is 4. The van der Waals surface area contributed by atoms with E-state index in [2.05, 4.69) is 49.8 Å². The molecule has 33 heavy (non-hydrogen) atoms. The fraction of sp³-hybridized carbons (Fsp3) is 0.321. The number of aryl methyl sites for hydroxylation is 1. The second-order valence-corrected chi connectivity index (χ2v) is 9.07. The van der Waals surface area contributed by atoms with Gasteiger partial charge < -0.3 is 9.47 Å². The Labute approximate surface area is 195 Å². The van der Waals surface area contributed by atoms with E-state index < -0.39 is 0 Å². The lowest BCUT2D eigenvalue weighted by Crippen LogP contribution is -2.33. The summed E-state index contributed by atoms with van der Waals surface area (Å²) in [5.41, 5.74) is 3.23. The summed E-state index contributed by atoms with van der Waals surface area (Å²) in [5, 5.41) is 2.50. The molecule has 5 nitrogen and oxygen atoms in total. The first-order chi connectivity index (χ1) is 16.2. The zero-order valence-electron chi connectivity index (χ0n) is 19.2. The molecular formula is C28H30N4O. The standard InChI is InChI=1S/C28H30N4O/c1-21-30-14-17-32(21)20-25-7-2-3-10-26(25)28(33)31-15-5-6-22(12-16-31)18-24-9-4-8-23-11-13-29-19-27(23)24/h2-4,7-11,13-14,17,19,22H,5-6,12,15-16,18,20H2,1H3/t22-/m0/s1. The van der Waals surface area contributed by atoms with Crippen LogP contribution in [-0.4, -0.2) is 38.4 Å². The molecule has 1 saturated heterocycles. The fourth-order valence-electron chi connectivity index (χ4n) is 5.03. The molecule has 5 rings (SSSR count). The van der Waals surface area contributed by atoms with Gasteiger partial charge in [-0.15, -0.1) is 0 Å². The van der Waals surface area contributed by atoms with Gasteiger partial charge in [-0.2, -0.15) is 0 Å². The van der Waals surface area contributed by atoms with Crippen molar-refractivity contribution in [3.8, 4) is 0 Å².